The van der Waals surface area contributed by atoms with E-state index in [1.807, 2.05) is 0 Å². The van der Waals surface area contributed by atoms with Crippen molar-refractivity contribution in [2.75, 3.05) is 18.5 Å². The number of unbranched alkanes of at least 4 members (excludes halogenated alkanes) is 3. The maximum atomic E-state index is 12.0. The summed E-state index contributed by atoms with van der Waals surface area (Å²) in [6, 6.07) is -0.394. The Morgan fingerprint density at radius 2 is 1.91 bits per heavy atom. The third-order valence-electron chi connectivity index (χ3n) is 3.47. The second kappa shape index (κ2) is 8.92. The lowest BCUT2D eigenvalue weighted by atomic mass is 10.1. The second-order valence-electron chi connectivity index (χ2n) is 5.49. The van der Waals surface area contributed by atoms with E-state index >= 15 is 0 Å². The number of rotatable bonds is 9. The van der Waals surface area contributed by atoms with Gasteiger partial charge in [-0.25, -0.2) is 14.6 Å². The number of carboxylic acids is 1. The van der Waals surface area contributed by atoms with E-state index in [4.69, 9.17) is 5.11 Å². The number of Topliss-reactive ketones (excluding diaryl/α,β-unsaturated/α-hetero) is 1. The minimum Gasteiger partial charge on any atom is -0.476 e. The highest BCUT2D eigenvalue weighted by Gasteiger charge is 2.22. The van der Waals surface area contributed by atoms with Gasteiger partial charge in [0, 0.05) is 27.1 Å². The minimum absolute atomic E-state index is 0.0353. The van der Waals surface area contributed by atoms with Gasteiger partial charge in [-0.3, -0.25) is 4.90 Å². The first-order valence-electron chi connectivity index (χ1n) is 7.60. The first-order chi connectivity index (χ1) is 10.8. The number of nitrogens with one attached hydrogen (secondary N) is 1. The molecule has 23 heavy (non-hydrogen) atoms. The molecule has 1 rings (SSSR count). The third-order valence-corrected chi connectivity index (χ3v) is 3.47. The maximum Gasteiger partial charge on any atom is 0.356 e. The zero-order chi connectivity index (χ0) is 17.4. The van der Waals surface area contributed by atoms with Crippen molar-refractivity contribution in [3.8, 4) is 0 Å². The van der Waals surface area contributed by atoms with Crippen molar-refractivity contribution in [1.29, 1.82) is 0 Å². The SMILES string of the molecule is CC(=O)CCCCCCNC(=O)N(C)c1ncn(C)c1C(=O)O. The molecule has 0 spiro atoms. The maximum absolute atomic E-state index is 12.0. The number of anilines is 1. The molecule has 2 amide bonds. The van der Waals surface area contributed by atoms with Gasteiger partial charge in [0.2, 0.25) is 0 Å². The van der Waals surface area contributed by atoms with Crippen molar-refractivity contribution in [1.82, 2.24) is 14.9 Å². The molecule has 0 atom stereocenters. The predicted octanol–water partition coefficient (Wildman–Crippen LogP) is 1.80. The summed E-state index contributed by atoms with van der Waals surface area (Å²) in [5.41, 5.74) is -0.0353. The minimum atomic E-state index is -1.13. The molecule has 1 aromatic rings. The molecule has 0 saturated heterocycles. The van der Waals surface area contributed by atoms with Crippen LogP contribution in [0.3, 0.4) is 0 Å². The van der Waals surface area contributed by atoms with Crippen molar-refractivity contribution in [2.45, 2.75) is 39.0 Å². The van der Waals surface area contributed by atoms with Crippen LogP contribution in [0.5, 0.6) is 0 Å². The third kappa shape index (κ3) is 5.72. The van der Waals surface area contributed by atoms with E-state index < -0.39 is 12.0 Å². The molecule has 0 radical (unpaired) electrons. The van der Waals surface area contributed by atoms with Gasteiger partial charge in [0.05, 0.1) is 6.33 Å². The Labute approximate surface area is 135 Å². The Kier molecular flexibility index (Phi) is 7.24. The molecule has 1 heterocycles. The predicted molar refractivity (Wildman–Crippen MR) is 85.7 cm³/mol. The fourth-order valence-electron chi connectivity index (χ4n) is 2.17. The summed E-state index contributed by atoms with van der Waals surface area (Å²) < 4.78 is 1.36. The molecule has 0 saturated carbocycles. The summed E-state index contributed by atoms with van der Waals surface area (Å²) in [4.78, 5) is 39.2. The van der Waals surface area contributed by atoms with Crippen LogP contribution in [0.25, 0.3) is 0 Å². The quantitative estimate of drug-likeness (QED) is 0.674. The molecule has 2 N–H and O–H groups in total. The van der Waals surface area contributed by atoms with Crippen LogP contribution in [0.1, 0.15) is 49.5 Å². The first-order valence-corrected chi connectivity index (χ1v) is 7.60. The standard InChI is InChI=1S/C15H24N4O4/c1-11(20)8-6-4-5-7-9-16-15(23)19(3)13-12(14(21)22)18(2)10-17-13/h10H,4-9H2,1-3H3,(H,16,23)(H,21,22). The van der Waals surface area contributed by atoms with Gasteiger partial charge >= 0.3 is 12.0 Å². The molecular formula is C15H24N4O4. The lowest BCUT2D eigenvalue weighted by Crippen LogP contribution is -2.38. The van der Waals surface area contributed by atoms with Crippen molar-refractivity contribution in [3.63, 3.8) is 0 Å². The number of nitrogens with zero attached hydrogens (tertiary/aromatic N) is 3. The number of imidazole rings is 1. The molecule has 128 valence electrons. The van der Waals surface area contributed by atoms with Crippen LogP contribution in [-0.2, 0) is 11.8 Å². The van der Waals surface area contributed by atoms with E-state index in [2.05, 4.69) is 10.3 Å². The monoisotopic (exact) mass is 324 g/mol. The highest BCUT2D eigenvalue weighted by atomic mass is 16.4. The molecule has 0 fully saturated rings. The zero-order valence-corrected chi connectivity index (χ0v) is 13.8. The number of carboxylic acid groups (broad SMARTS) is 1. The number of hydrogen-bond acceptors (Lipinski definition) is 4. The molecule has 0 aliphatic rings. The normalized spacial score (nSPS) is 10.4. The number of carbonyl (C=O) groups is 3. The lowest BCUT2D eigenvalue weighted by Gasteiger charge is -2.16. The fraction of sp³-hybridized carbons (Fsp3) is 0.600. The van der Waals surface area contributed by atoms with Gasteiger partial charge in [-0.05, 0) is 19.8 Å². The van der Waals surface area contributed by atoms with E-state index in [9.17, 15) is 14.4 Å². The number of aromatic carboxylic acids is 1. The molecule has 0 aliphatic carbocycles. The molecule has 1 aromatic heterocycles. The summed E-state index contributed by atoms with van der Waals surface area (Å²) in [5.74, 6) is -0.825. The molecule has 0 bridgehead atoms. The van der Waals surface area contributed by atoms with Crippen LogP contribution in [-0.4, -0.2) is 46.0 Å². The highest BCUT2D eigenvalue weighted by Crippen LogP contribution is 2.16. The van der Waals surface area contributed by atoms with E-state index in [-0.39, 0.29) is 17.3 Å². The van der Waals surface area contributed by atoms with E-state index in [0.29, 0.717) is 13.0 Å². The Balaban J connectivity index is 2.38. The largest absolute Gasteiger partial charge is 0.476 e. The van der Waals surface area contributed by atoms with E-state index in [1.54, 1.807) is 14.0 Å². The number of ketones is 1. The highest BCUT2D eigenvalue weighted by molar-refractivity contribution is 5.98. The molecule has 0 unspecified atom stereocenters. The first kappa shape index (κ1) is 18.7. The molecule has 0 aromatic carbocycles. The summed E-state index contributed by atoms with van der Waals surface area (Å²) in [6.45, 7) is 2.08. The molecular weight excluding hydrogens is 300 g/mol. The number of amides is 2. The Hall–Kier alpha value is -2.38. The summed E-state index contributed by atoms with van der Waals surface area (Å²) >= 11 is 0. The van der Waals surface area contributed by atoms with Gasteiger partial charge < -0.3 is 19.8 Å². The molecule has 0 aliphatic heterocycles. The van der Waals surface area contributed by atoms with Crippen LogP contribution >= 0.6 is 0 Å². The average molecular weight is 324 g/mol. The van der Waals surface area contributed by atoms with Crippen LogP contribution in [0, 0.1) is 0 Å². The number of hydrogen-bond donors (Lipinski definition) is 2. The zero-order valence-electron chi connectivity index (χ0n) is 13.8. The van der Waals surface area contributed by atoms with Crippen molar-refractivity contribution < 1.29 is 19.5 Å². The fourth-order valence-corrected chi connectivity index (χ4v) is 2.17. The lowest BCUT2D eigenvalue weighted by molar-refractivity contribution is -0.117. The Bertz CT molecular complexity index is 568. The van der Waals surface area contributed by atoms with Crippen molar-refractivity contribution in [2.24, 2.45) is 7.05 Å². The van der Waals surface area contributed by atoms with E-state index in [1.165, 1.54) is 22.8 Å². The van der Waals surface area contributed by atoms with E-state index in [0.717, 1.165) is 25.7 Å². The van der Waals surface area contributed by atoms with Crippen LogP contribution < -0.4 is 10.2 Å². The Morgan fingerprint density at radius 1 is 1.26 bits per heavy atom. The smallest absolute Gasteiger partial charge is 0.356 e. The van der Waals surface area contributed by atoms with Gasteiger partial charge in [-0.1, -0.05) is 12.8 Å². The number of carbonyl (C=O) groups excluding carboxylic acids is 2. The number of aromatic nitrogens is 2. The van der Waals surface area contributed by atoms with Gasteiger partial charge in [-0.2, -0.15) is 0 Å². The summed E-state index contributed by atoms with van der Waals surface area (Å²) in [7, 11) is 3.05. The van der Waals surface area contributed by atoms with Gasteiger partial charge in [0.1, 0.15) is 5.78 Å². The van der Waals surface area contributed by atoms with Gasteiger partial charge in [-0.15, -0.1) is 0 Å². The van der Waals surface area contributed by atoms with Crippen LogP contribution in [0.4, 0.5) is 10.6 Å². The number of aryl methyl sites for hydroxylation is 1. The van der Waals surface area contributed by atoms with Crippen LogP contribution in [0.15, 0.2) is 6.33 Å². The van der Waals surface area contributed by atoms with Crippen molar-refractivity contribution >= 4 is 23.6 Å². The summed E-state index contributed by atoms with van der Waals surface area (Å²) in [5, 5.41) is 11.9. The molecule has 8 nitrogen and oxygen atoms in total. The second-order valence-corrected chi connectivity index (χ2v) is 5.49. The molecule has 8 heteroatoms. The van der Waals surface area contributed by atoms with Crippen molar-refractivity contribution in [3.05, 3.63) is 12.0 Å². The summed E-state index contributed by atoms with van der Waals surface area (Å²) in [6.07, 6.45) is 5.53. The number of urea groups is 1. The Morgan fingerprint density at radius 3 is 2.52 bits per heavy atom. The van der Waals surface area contributed by atoms with Gasteiger partial charge in [0.15, 0.2) is 11.5 Å². The average Bonchev–Trinajstić information content (AvgIpc) is 2.86. The van der Waals surface area contributed by atoms with Crippen LogP contribution in [0.2, 0.25) is 0 Å². The topological polar surface area (TPSA) is 105 Å². The van der Waals surface area contributed by atoms with Gasteiger partial charge in [0.25, 0.3) is 0 Å².